The van der Waals surface area contributed by atoms with Crippen molar-refractivity contribution >= 4 is 6.48 Å². The van der Waals surface area contributed by atoms with Crippen LogP contribution in [-0.4, -0.2) is 3.21 Å². The molecule has 3 aliphatic rings. The van der Waals surface area contributed by atoms with Crippen molar-refractivity contribution in [3.05, 3.63) is 73.1 Å². The molecule has 5 rings (SSSR count). The maximum Gasteiger partial charge on any atom is -1.00 e. The monoisotopic (exact) mass is 696 g/mol. The van der Waals surface area contributed by atoms with Crippen LogP contribution in [0.25, 0.3) is 11.1 Å². The van der Waals surface area contributed by atoms with Gasteiger partial charge in [-0.25, -0.2) is 0 Å². The Kier molecular flexibility index (Phi) is 11.6. The van der Waals surface area contributed by atoms with Gasteiger partial charge in [-0.15, -0.1) is 0 Å². The van der Waals surface area contributed by atoms with Crippen LogP contribution in [0.4, 0.5) is 0 Å². The van der Waals surface area contributed by atoms with E-state index < -0.39 is 21.3 Å². The summed E-state index contributed by atoms with van der Waals surface area (Å²) in [7, 11) is 0. The molecule has 3 heteroatoms. The second-order valence-electron chi connectivity index (χ2n) is 16.2. The van der Waals surface area contributed by atoms with Crippen LogP contribution in [0.5, 0.6) is 0 Å². The average molecular weight is 699 g/mol. The van der Waals surface area contributed by atoms with Gasteiger partial charge in [0.25, 0.3) is 0 Å². The van der Waals surface area contributed by atoms with E-state index in [0.29, 0.717) is 5.92 Å². The molecule has 1 saturated carbocycles. The van der Waals surface area contributed by atoms with Crippen molar-refractivity contribution in [1.82, 2.24) is 0 Å². The summed E-state index contributed by atoms with van der Waals surface area (Å²) >= 11 is -2.40. The van der Waals surface area contributed by atoms with Crippen molar-refractivity contribution < 1.29 is 46.1 Å². The van der Waals surface area contributed by atoms with Gasteiger partial charge in [0.15, 0.2) is 0 Å². The van der Waals surface area contributed by atoms with Crippen molar-refractivity contribution in [3.8, 4) is 11.1 Å². The number of halogens is 2. The summed E-state index contributed by atoms with van der Waals surface area (Å²) in [6.45, 7) is 26.6. The third kappa shape index (κ3) is 7.16. The molecule has 2 aromatic rings. The minimum absolute atomic E-state index is 0. The van der Waals surface area contributed by atoms with Gasteiger partial charge >= 0.3 is 262 Å². The molecule has 0 aliphatic heterocycles. The average Bonchev–Trinajstić information content (AvgIpc) is 3.46. The molecule has 2 aromatic carbocycles. The van der Waals surface area contributed by atoms with Crippen LogP contribution in [0, 0.1) is 11.3 Å². The number of allylic oxidation sites excluding steroid dienone is 4. The van der Waals surface area contributed by atoms with E-state index in [0.717, 1.165) is 6.42 Å². The standard InChI is InChI=1S/C21H25.C13H21.C6H10.2ClH.Zr/c1-20(2,3)16-9-7-14-11-15-8-10-17(21(4,5)6)13-19(15)18(14)12-16;1-6-10-8-11(7-2)12(9-10)13(3,4)5;1-2-4-6-5-3-1;;;/h7,9-10,12-13H,11H2,1-6H3;9-10H,6-7H2,1-5H3;1-5H2;2*1H;/q;;;;;+2/p-2. The number of fused-ring (bicyclic) bond motifs is 3. The Hall–Kier alpha value is -0.747. The van der Waals surface area contributed by atoms with Gasteiger partial charge in [-0.05, 0) is 0 Å². The summed E-state index contributed by atoms with van der Waals surface area (Å²) in [6.07, 6.45) is 13.3. The first kappa shape index (κ1) is 36.7. The van der Waals surface area contributed by atoms with E-state index in [4.69, 9.17) is 0 Å². The van der Waals surface area contributed by atoms with Gasteiger partial charge in [0.05, 0.1) is 0 Å². The Balaban J connectivity index is 0.00000253. The molecule has 0 N–H and O–H groups in total. The normalized spacial score (nSPS) is 18.3. The molecule has 0 nitrogen and oxygen atoms in total. The molecule has 1 fully saturated rings. The van der Waals surface area contributed by atoms with Gasteiger partial charge in [-0.1, -0.05) is 0 Å². The van der Waals surface area contributed by atoms with Crippen molar-refractivity contribution in [2.24, 2.45) is 11.3 Å². The zero-order valence-electron chi connectivity index (χ0n) is 29.0. The molecule has 0 heterocycles. The van der Waals surface area contributed by atoms with Crippen LogP contribution >= 0.6 is 0 Å². The van der Waals surface area contributed by atoms with Crippen LogP contribution in [0.15, 0.2) is 50.8 Å². The van der Waals surface area contributed by atoms with E-state index in [1.165, 1.54) is 56.1 Å². The fourth-order valence-corrected chi connectivity index (χ4v) is 17.5. The molecular weight excluding hydrogens is 643 g/mol. The molecular formula is C40H56Cl2Zr. The quantitative estimate of drug-likeness (QED) is 0.364. The summed E-state index contributed by atoms with van der Waals surface area (Å²) in [5.41, 5.74) is 13.3. The molecule has 0 amide bonds. The molecule has 0 radical (unpaired) electrons. The van der Waals surface area contributed by atoms with Gasteiger partial charge in [-0.2, -0.15) is 0 Å². The van der Waals surface area contributed by atoms with Crippen LogP contribution in [0.1, 0.15) is 143 Å². The number of rotatable bonds is 4. The second kappa shape index (κ2) is 13.5. The molecule has 234 valence electrons. The minimum atomic E-state index is -2.40. The molecule has 3 aliphatic carbocycles. The molecule has 0 saturated heterocycles. The zero-order chi connectivity index (χ0) is 29.9. The van der Waals surface area contributed by atoms with E-state index in [-0.39, 0.29) is 41.1 Å². The molecule has 1 atom stereocenters. The first-order chi connectivity index (χ1) is 19.1. The van der Waals surface area contributed by atoms with Gasteiger partial charge in [-0.3, -0.25) is 0 Å². The maximum atomic E-state index is 2.76. The Morgan fingerprint density at radius 1 is 0.721 bits per heavy atom. The Morgan fingerprint density at radius 2 is 1.33 bits per heavy atom. The molecule has 0 spiro atoms. The first-order valence-corrected chi connectivity index (χ1v) is 20.3. The largest absolute Gasteiger partial charge is 1.00 e. The van der Waals surface area contributed by atoms with Crippen LogP contribution in [0.2, 0.25) is 0 Å². The third-order valence-electron chi connectivity index (χ3n) is 10.1. The Labute approximate surface area is 284 Å². The second-order valence-corrected chi connectivity index (χ2v) is 22.5. The van der Waals surface area contributed by atoms with Crippen molar-refractivity contribution in [2.75, 3.05) is 0 Å². The maximum absolute atomic E-state index is 2.76. The predicted octanol–water partition coefficient (Wildman–Crippen LogP) is 4.92. The Bertz CT molecular complexity index is 1440. The van der Waals surface area contributed by atoms with Crippen LogP contribution < -0.4 is 28.1 Å². The van der Waals surface area contributed by atoms with Crippen LogP contribution in [-0.2, 0) is 38.5 Å². The van der Waals surface area contributed by atoms with E-state index in [1.54, 1.807) is 33.4 Å². The molecule has 0 aromatic heterocycles. The van der Waals surface area contributed by atoms with Crippen molar-refractivity contribution in [1.29, 1.82) is 0 Å². The van der Waals surface area contributed by atoms with Gasteiger partial charge < -0.3 is 24.8 Å². The van der Waals surface area contributed by atoms with Crippen molar-refractivity contribution in [2.45, 2.75) is 138 Å². The smallest absolute Gasteiger partial charge is 1.00 e. The predicted molar refractivity (Wildman–Crippen MR) is 178 cm³/mol. The van der Waals surface area contributed by atoms with E-state index in [2.05, 4.69) is 113 Å². The van der Waals surface area contributed by atoms with Crippen molar-refractivity contribution in [3.63, 3.8) is 0 Å². The summed E-state index contributed by atoms with van der Waals surface area (Å²) in [5.74, 6) is 0.633. The summed E-state index contributed by atoms with van der Waals surface area (Å²) in [5, 5.41) is 0. The molecule has 1 unspecified atom stereocenters. The van der Waals surface area contributed by atoms with E-state index >= 15 is 0 Å². The molecule has 0 bridgehead atoms. The van der Waals surface area contributed by atoms with Gasteiger partial charge in [0, 0.05) is 0 Å². The zero-order valence-corrected chi connectivity index (χ0v) is 32.9. The summed E-state index contributed by atoms with van der Waals surface area (Å²) in [4.78, 5) is 0. The number of hydrogen-bond acceptors (Lipinski definition) is 0. The summed E-state index contributed by atoms with van der Waals surface area (Å²) < 4.78 is 5.81. The van der Waals surface area contributed by atoms with E-state index in [9.17, 15) is 0 Å². The fourth-order valence-electron chi connectivity index (χ4n) is 7.65. The third-order valence-corrected chi connectivity index (χ3v) is 18.5. The number of hydrogen-bond donors (Lipinski definition) is 0. The van der Waals surface area contributed by atoms with Gasteiger partial charge in [0.2, 0.25) is 0 Å². The summed E-state index contributed by atoms with van der Waals surface area (Å²) in [6, 6.07) is 12.8. The van der Waals surface area contributed by atoms with E-state index in [1.807, 2.05) is 9.76 Å². The van der Waals surface area contributed by atoms with Gasteiger partial charge in [0.1, 0.15) is 0 Å². The van der Waals surface area contributed by atoms with Crippen LogP contribution in [0.3, 0.4) is 0 Å². The SMILES string of the molecule is CCC1=[C]([Zr+2](=[C]2CCCCC2)[c]2cc(C(C)(C)C)cc3c2Cc2ccc(C(C)(C)C)cc2-3)C(CC)C=C1C(C)(C)C.[Cl-].[Cl-]. The first-order valence-electron chi connectivity index (χ1n) is 16.6. The minimum Gasteiger partial charge on any atom is -1.00 e. The molecule has 43 heavy (non-hydrogen) atoms. The topological polar surface area (TPSA) is 0 Å². The fraction of sp³-hybridized carbons (Fsp3) is 0.575. The number of benzene rings is 2. The Morgan fingerprint density at radius 3 is 1.86 bits per heavy atom.